The van der Waals surface area contributed by atoms with Crippen molar-refractivity contribution in [1.29, 1.82) is 5.26 Å². The van der Waals surface area contributed by atoms with E-state index in [0.29, 0.717) is 29.0 Å². The average Bonchev–Trinajstić information content (AvgIpc) is 2.89. The van der Waals surface area contributed by atoms with E-state index in [1.807, 2.05) is 18.4 Å². The van der Waals surface area contributed by atoms with E-state index >= 15 is 4.39 Å². The molecule has 0 spiro atoms. The monoisotopic (exact) mass is 527 g/mol. The molecule has 1 atom stereocenters. The third kappa shape index (κ3) is 6.64. The van der Waals surface area contributed by atoms with Crippen LogP contribution in [0.3, 0.4) is 0 Å². The number of rotatable bonds is 5. The Balaban J connectivity index is 1.50. The van der Waals surface area contributed by atoms with Crippen LogP contribution in [0.5, 0.6) is 0 Å². The standard InChI is InChI=1S/C33H28F3NS/c1-3-4-5-6-23-9-14-28-27(18-23)20-30(34)29(33(28)36)15-10-24-7-12-26(22(2)17-24)13-8-25-11-16-32(38-21-37)31(35)19-25/h7,11-12,16-17,19-20,23H,3-6,9,14,18H2,1-2H3. The second-order valence-electron chi connectivity index (χ2n) is 9.66. The van der Waals surface area contributed by atoms with Gasteiger partial charge in [0, 0.05) is 16.7 Å². The number of nitriles is 1. The highest BCUT2D eigenvalue weighted by Crippen LogP contribution is 2.33. The minimum absolute atomic E-state index is 0.172. The zero-order valence-corrected chi connectivity index (χ0v) is 22.4. The van der Waals surface area contributed by atoms with Gasteiger partial charge in [-0.3, -0.25) is 0 Å². The number of halogens is 3. The molecule has 4 rings (SSSR count). The van der Waals surface area contributed by atoms with Gasteiger partial charge in [0.2, 0.25) is 0 Å². The van der Waals surface area contributed by atoms with Gasteiger partial charge in [0.15, 0.2) is 0 Å². The molecule has 0 fully saturated rings. The zero-order chi connectivity index (χ0) is 27.1. The smallest absolute Gasteiger partial charge is 0.145 e. The number of thioether (sulfide) groups is 1. The summed E-state index contributed by atoms with van der Waals surface area (Å²) in [6, 6.07) is 11.3. The highest BCUT2D eigenvalue weighted by molar-refractivity contribution is 8.03. The zero-order valence-electron chi connectivity index (χ0n) is 21.6. The Bertz CT molecular complexity index is 1510. The van der Waals surface area contributed by atoms with E-state index in [1.165, 1.54) is 37.5 Å². The van der Waals surface area contributed by atoms with Crippen molar-refractivity contribution in [2.24, 2.45) is 5.92 Å². The minimum atomic E-state index is -0.603. The van der Waals surface area contributed by atoms with Crippen molar-refractivity contribution < 1.29 is 13.2 Å². The second-order valence-corrected chi connectivity index (χ2v) is 10.5. The number of nitrogens with zero attached hydrogens (tertiary/aromatic N) is 1. The van der Waals surface area contributed by atoms with Crippen molar-refractivity contribution in [3.05, 3.63) is 98.9 Å². The van der Waals surface area contributed by atoms with Gasteiger partial charge < -0.3 is 0 Å². The Hall–Kier alpha value is -3.59. The summed E-state index contributed by atoms with van der Waals surface area (Å²) in [4.78, 5) is 0.260. The molecule has 0 radical (unpaired) electrons. The molecule has 1 nitrogen and oxygen atoms in total. The number of benzene rings is 3. The van der Waals surface area contributed by atoms with Crippen LogP contribution < -0.4 is 0 Å². The third-order valence-corrected chi connectivity index (χ3v) is 7.57. The van der Waals surface area contributed by atoms with Gasteiger partial charge in [-0.1, -0.05) is 56.3 Å². The minimum Gasteiger partial charge on any atom is -0.206 e. The van der Waals surface area contributed by atoms with Gasteiger partial charge >= 0.3 is 0 Å². The van der Waals surface area contributed by atoms with Crippen molar-refractivity contribution in [3.8, 4) is 29.1 Å². The molecule has 5 heteroatoms. The van der Waals surface area contributed by atoms with Gasteiger partial charge in [0.25, 0.3) is 0 Å². The van der Waals surface area contributed by atoms with Crippen LogP contribution in [0.4, 0.5) is 13.2 Å². The Morgan fingerprint density at radius 2 is 1.68 bits per heavy atom. The molecule has 0 saturated heterocycles. The molecule has 3 aromatic carbocycles. The van der Waals surface area contributed by atoms with E-state index < -0.39 is 17.5 Å². The van der Waals surface area contributed by atoms with Crippen LogP contribution in [0.2, 0.25) is 0 Å². The molecule has 1 unspecified atom stereocenters. The lowest BCUT2D eigenvalue weighted by Gasteiger charge is -2.25. The molecule has 0 bridgehead atoms. The number of hydrogen-bond acceptors (Lipinski definition) is 2. The molecule has 0 aliphatic heterocycles. The molecule has 38 heavy (non-hydrogen) atoms. The molecule has 0 saturated carbocycles. The Labute approximate surface area is 227 Å². The molecule has 0 amide bonds. The number of aryl methyl sites for hydroxylation is 1. The maximum Gasteiger partial charge on any atom is 0.145 e. The molecular weight excluding hydrogens is 499 g/mol. The number of unbranched alkanes of at least 4 members (excludes halogenated alkanes) is 2. The van der Waals surface area contributed by atoms with Crippen molar-refractivity contribution in [1.82, 2.24) is 0 Å². The number of fused-ring (bicyclic) bond motifs is 1. The molecule has 3 aromatic rings. The highest BCUT2D eigenvalue weighted by atomic mass is 32.2. The topological polar surface area (TPSA) is 23.8 Å². The quantitative estimate of drug-likeness (QED) is 0.144. The largest absolute Gasteiger partial charge is 0.206 e. The van der Waals surface area contributed by atoms with E-state index in [-0.39, 0.29) is 10.5 Å². The van der Waals surface area contributed by atoms with Crippen LogP contribution in [0.1, 0.15) is 78.0 Å². The Kier molecular flexibility index (Phi) is 9.23. The summed E-state index contributed by atoms with van der Waals surface area (Å²) in [5.41, 5.74) is 3.95. The number of thiocyanates is 1. The first kappa shape index (κ1) is 27.4. The highest BCUT2D eigenvalue weighted by Gasteiger charge is 2.24. The van der Waals surface area contributed by atoms with Crippen LogP contribution in [0.25, 0.3) is 0 Å². The van der Waals surface area contributed by atoms with Crippen LogP contribution in [0.15, 0.2) is 47.4 Å². The average molecular weight is 528 g/mol. The first-order valence-corrected chi connectivity index (χ1v) is 13.7. The first-order valence-electron chi connectivity index (χ1n) is 12.9. The van der Waals surface area contributed by atoms with Crippen LogP contribution in [-0.2, 0) is 12.8 Å². The molecule has 0 N–H and O–H groups in total. The fourth-order valence-electron chi connectivity index (χ4n) is 4.83. The van der Waals surface area contributed by atoms with Gasteiger partial charge in [-0.2, -0.15) is 5.26 Å². The summed E-state index contributed by atoms with van der Waals surface area (Å²) in [5, 5.41) is 10.6. The fraction of sp³-hybridized carbons (Fsp3) is 0.303. The predicted octanol–water partition coefficient (Wildman–Crippen LogP) is 8.47. The summed E-state index contributed by atoms with van der Waals surface area (Å²) in [7, 11) is 0. The van der Waals surface area contributed by atoms with Crippen molar-refractivity contribution in [2.45, 2.75) is 63.7 Å². The summed E-state index contributed by atoms with van der Waals surface area (Å²) >= 11 is 0.766. The van der Waals surface area contributed by atoms with Crippen LogP contribution in [-0.4, -0.2) is 0 Å². The lowest BCUT2D eigenvalue weighted by atomic mass is 9.80. The molecule has 1 aliphatic rings. The molecule has 0 aromatic heterocycles. The summed E-state index contributed by atoms with van der Waals surface area (Å²) < 4.78 is 44.2. The van der Waals surface area contributed by atoms with E-state index in [4.69, 9.17) is 5.26 Å². The van der Waals surface area contributed by atoms with Gasteiger partial charge in [-0.25, -0.2) is 13.2 Å². The maximum absolute atomic E-state index is 15.2. The second kappa shape index (κ2) is 12.8. The van der Waals surface area contributed by atoms with Crippen LogP contribution in [0, 0.1) is 64.6 Å². The maximum atomic E-state index is 15.2. The molecule has 192 valence electrons. The van der Waals surface area contributed by atoms with E-state index in [1.54, 1.807) is 18.2 Å². The van der Waals surface area contributed by atoms with Gasteiger partial charge in [0.05, 0.1) is 10.5 Å². The number of hydrogen-bond donors (Lipinski definition) is 0. The van der Waals surface area contributed by atoms with Crippen molar-refractivity contribution in [2.75, 3.05) is 0 Å². The summed E-state index contributed by atoms with van der Waals surface area (Å²) in [6.45, 7) is 4.05. The van der Waals surface area contributed by atoms with Gasteiger partial charge in [-0.15, -0.1) is 0 Å². The van der Waals surface area contributed by atoms with Crippen molar-refractivity contribution in [3.63, 3.8) is 0 Å². The normalized spacial score (nSPS) is 13.9. The Morgan fingerprint density at radius 3 is 2.42 bits per heavy atom. The van der Waals surface area contributed by atoms with Crippen LogP contribution >= 0.6 is 11.8 Å². The van der Waals surface area contributed by atoms with E-state index in [2.05, 4.69) is 30.6 Å². The lowest BCUT2D eigenvalue weighted by molar-refractivity contribution is 0.399. The molecule has 0 heterocycles. The lowest BCUT2D eigenvalue weighted by Crippen LogP contribution is -2.17. The predicted molar refractivity (Wildman–Crippen MR) is 147 cm³/mol. The fourth-order valence-corrected chi connectivity index (χ4v) is 5.22. The first-order chi connectivity index (χ1) is 18.4. The molecular formula is C33H28F3NS. The van der Waals surface area contributed by atoms with Crippen molar-refractivity contribution >= 4 is 11.8 Å². The van der Waals surface area contributed by atoms with Gasteiger partial charge in [0.1, 0.15) is 22.9 Å². The third-order valence-electron chi connectivity index (χ3n) is 6.93. The van der Waals surface area contributed by atoms with E-state index in [0.717, 1.165) is 47.7 Å². The molecule has 1 aliphatic carbocycles. The Morgan fingerprint density at radius 1 is 0.921 bits per heavy atom. The van der Waals surface area contributed by atoms with E-state index in [9.17, 15) is 8.78 Å². The SMILES string of the molecule is CCCCCC1CCc2c(cc(F)c(C#Cc3ccc(C#Cc4ccc(SC#N)c(F)c4)c(C)c3)c2F)C1. The summed E-state index contributed by atoms with van der Waals surface area (Å²) in [6.07, 6.45) is 6.95. The summed E-state index contributed by atoms with van der Waals surface area (Å²) in [5.74, 6) is 10.5. The van der Waals surface area contributed by atoms with Gasteiger partial charge in [-0.05, 0) is 103 Å².